The second-order valence-corrected chi connectivity index (χ2v) is 8.04. The van der Waals surface area contributed by atoms with Gasteiger partial charge < -0.3 is 26.2 Å². The number of aliphatic hydroxyl groups is 1. The van der Waals surface area contributed by atoms with Gasteiger partial charge in [0, 0.05) is 17.3 Å². The number of hydrogen-bond acceptors (Lipinski definition) is 6. The third-order valence-corrected chi connectivity index (χ3v) is 5.30. The Balaban J connectivity index is 2.07. The summed E-state index contributed by atoms with van der Waals surface area (Å²) in [6.45, 7) is 2.40. The molecule has 0 aliphatic carbocycles. The molecule has 0 saturated heterocycles. The molecule has 0 bridgehead atoms. The van der Waals surface area contributed by atoms with Crippen LogP contribution in [0.25, 0.3) is 0 Å². The smallest absolute Gasteiger partial charge is 0.411 e. The molecule has 2 aromatic rings. The number of rotatable bonds is 10. The molecule has 9 nitrogen and oxygen atoms in total. The second-order valence-electron chi connectivity index (χ2n) is 7.64. The predicted octanol–water partition coefficient (Wildman–Crippen LogP) is 1.96. The molecular weight excluding hydrogens is 448 g/mol. The Bertz CT molecular complexity index is 970. The molecule has 0 radical (unpaired) electrons. The number of nitrogens with one attached hydrogen (secondary N) is 3. The van der Waals surface area contributed by atoms with Crippen molar-refractivity contribution >= 4 is 35.2 Å². The Morgan fingerprint density at radius 1 is 1.15 bits per heavy atom. The molecule has 0 saturated carbocycles. The Hall–Kier alpha value is -3.14. The molecule has 0 spiro atoms. The van der Waals surface area contributed by atoms with Crippen LogP contribution in [0.2, 0.25) is 5.02 Å². The summed E-state index contributed by atoms with van der Waals surface area (Å²) in [7, 11) is 0. The molecule has 3 amide bonds. The van der Waals surface area contributed by atoms with E-state index in [2.05, 4.69) is 16.0 Å². The molecule has 33 heavy (non-hydrogen) atoms. The molecule has 0 aromatic heterocycles. The lowest BCUT2D eigenvalue weighted by atomic mass is 10.0. The Kier molecular flexibility index (Phi) is 9.65. The molecule has 0 heterocycles. The number of ether oxygens (including phenoxy) is 1. The Morgan fingerprint density at radius 2 is 1.82 bits per heavy atom. The molecule has 0 aliphatic rings. The highest BCUT2D eigenvalue weighted by atomic mass is 35.5. The van der Waals surface area contributed by atoms with Gasteiger partial charge in [-0.3, -0.25) is 14.9 Å². The van der Waals surface area contributed by atoms with Gasteiger partial charge >= 0.3 is 6.09 Å². The predicted molar refractivity (Wildman–Crippen MR) is 126 cm³/mol. The number of aryl methyl sites for hydroxylation is 1. The summed E-state index contributed by atoms with van der Waals surface area (Å²) in [6, 6.07) is 12.9. The van der Waals surface area contributed by atoms with E-state index in [-0.39, 0.29) is 6.54 Å². The van der Waals surface area contributed by atoms with Crippen molar-refractivity contribution in [2.45, 2.75) is 38.4 Å². The summed E-state index contributed by atoms with van der Waals surface area (Å²) in [5, 5.41) is 17.3. The number of nitrogens with two attached hydrogens (primary N) is 1. The van der Waals surface area contributed by atoms with E-state index in [0.717, 1.165) is 12.0 Å². The van der Waals surface area contributed by atoms with Crippen LogP contribution in [0.5, 0.6) is 0 Å². The average Bonchev–Trinajstić information content (AvgIpc) is 2.82. The van der Waals surface area contributed by atoms with E-state index in [1.165, 1.54) is 6.92 Å². The SMILES string of the molecule is CCc1ccc(NC(=O)OCC(C)(NC(=O)[C@@H](N)CO)C(=O)NCc2ccccc2Cl)cc1. The zero-order valence-electron chi connectivity index (χ0n) is 18.6. The monoisotopic (exact) mass is 476 g/mol. The fraction of sp³-hybridized carbons (Fsp3) is 0.348. The average molecular weight is 477 g/mol. The van der Waals surface area contributed by atoms with Gasteiger partial charge in [-0.2, -0.15) is 0 Å². The summed E-state index contributed by atoms with van der Waals surface area (Å²) in [5.41, 5.74) is 6.20. The zero-order valence-corrected chi connectivity index (χ0v) is 19.3. The van der Waals surface area contributed by atoms with Gasteiger partial charge in [-0.05, 0) is 42.7 Å². The number of halogens is 1. The van der Waals surface area contributed by atoms with E-state index in [0.29, 0.717) is 16.3 Å². The first-order chi connectivity index (χ1) is 15.7. The fourth-order valence-corrected chi connectivity index (χ4v) is 3.01. The second kappa shape index (κ2) is 12.2. The van der Waals surface area contributed by atoms with Gasteiger partial charge in [0.2, 0.25) is 11.8 Å². The van der Waals surface area contributed by atoms with Crippen LogP contribution in [0.1, 0.15) is 25.0 Å². The summed E-state index contributed by atoms with van der Waals surface area (Å²) >= 11 is 6.12. The topological polar surface area (TPSA) is 143 Å². The van der Waals surface area contributed by atoms with Gasteiger partial charge in [0.25, 0.3) is 0 Å². The lowest BCUT2D eigenvalue weighted by Crippen LogP contribution is -2.62. The third kappa shape index (κ3) is 7.74. The minimum Gasteiger partial charge on any atom is -0.446 e. The first-order valence-corrected chi connectivity index (χ1v) is 10.8. The van der Waals surface area contributed by atoms with Crippen LogP contribution in [0, 0.1) is 0 Å². The maximum Gasteiger partial charge on any atom is 0.411 e. The van der Waals surface area contributed by atoms with Gasteiger partial charge in [0.1, 0.15) is 12.6 Å². The molecule has 1 unspecified atom stereocenters. The van der Waals surface area contributed by atoms with Crippen LogP contribution in [-0.4, -0.2) is 47.8 Å². The van der Waals surface area contributed by atoms with Gasteiger partial charge in [-0.15, -0.1) is 0 Å². The number of aliphatic hydroxyl groups excluding tert-OH is 1. The van der Waals surface area contributed by atoms with Gasteiger partial charge in [0.15, 0.2) is 5.54 Å². The lowest BCUT2D eigenvalue weighted by molar-refractivity contribution is -0.135. The minimum absolute atomic E-state index is 0.0893. The number of carbonyl (C=O) groups excluding carboxylic acids is 3. The van der Waals surface area contributed by atoms with Crippen molar-refractivity contribution in [1.82, 2.24) is 10.6 Å². The van der Waals surface area contributed by atoms with Crippen molar-refractivity contribution in [2.75, 3.05) is 18.5 Å². The van der Waals surface area contributed by atoms with Crippen molar-refractivity contribution in [3.63, 3.8) is 0 Å². The normalized spacial score (nSPS) is 13.4. The van der Waals surface area contributed by atoms with Crippen molar-refractivity contribution in [2.24, 2.45) is 5.73 Å². The highest BCUT2D eigenvalue weighted by molar-refractivity contribution is 6.31. The van der Waals surface area contributed by atoms with E-state index in [1.54, 1.807) is 36.4 Å². The fourth-order valence-electron chi connectivity index (χ4n) is 2.81. The number of carbonyl (C=O) groups is 3. The van der Waals surface area contributed by atoms with Crippen molar-refractivity contribution in [3.05, 3.63) is 64.7 Å². The molecule has 2 rings (SSSR count). The minimum atomic E-state index is -1.66. The highest BCUT2D eigenvalue weighted by Gasteiger charge is 2.37. The first kappa shape index (κ1) is 26.1. The molecule has 178 valence electrons. The number of amides is 3. The summed E-state index contributed by atoms with van der Waals surface area (Å²) in [4.78, 5) is 37.5. The Morgan fingerprint density at radius 3 is 2.42 bits per heavy atom. The third-order valence-electron chi connectivity index (χ3n) is 4.93. The van der Waals surface area contributed by atoms with Gasteiger partial charge in [-0.1, -0.05) is 48.9 Å². The number of hydrogen-bond donors (Lipinski definition) is 5. The first-order valence-electron chi connectivity index (χ1n) is 10.4. The summed E-state index contributed by atoms with van der Waals surface area (Å²) in [6.07, 6.45) is 0.0623. The van der Waals surface area contributed by atoms with Crippen LogP contribution in [-0.2, 0) is 27.3 Å². The Labute approximate surface area is 197 Å². The largest absolute Gasteiger partial charge is 0.446 e. The van der Waals surface area contributed by atoms with E-state index < -0.39 is 42.7 Å². The van der Waals surface area contributed by atoms with Crippen LogP contribution in [0.15, 0.2) is 48.5 Å². The van der Waals surface area contributed by atoms with Gasteiger partial charge in [-0.25, -0.2) is 4.79 Å². The number of benzene rings is 2. The maximum atomic E-state index is 13.0. The van der Waals surface area contributed by atoms with E-state index >= 15 is 0 Å². The molecule has 0 aliphatic heterocycles. The summed E-state index contributed by atoms with van der Waals surface area (Å²) < 4.78 is 5.22. The maximum absolute atomic E-state index is 13.0. The highest BCUT2D eigenvalue weighted by Crippen LogP contribution is 2.16. The van der Waals surface area contributed by atoms with Crippen LogP contribution in [0.4, 0.5) is 10.5 Å². The number of anilines is 1. The molecule has 0 fully saturated rings. The van der Waals surface area contributed by atoms with Crippen LogP contribution < -0.4 is 21.7 Å². The van der Waals surface area contributed by atoms with Crippen LogP contribution >= 0.6 is 11.6 Å². The molecule has 2 atom stereocenters. The van der Waals surface area contributed by atoms with E-state index in [1.807, 2.05) is 19.1 Å². The molecule has 6 N–H and O–H groups in total. The molecule has 10 heteroatoms. The lowest BCUT2D eigenvalue weighted by Gasteiger charge is -2.30. The zero-order chi connectivity index (χ0) is 24.4. The molecular formula is C23H29ClN4O5. The molecule has 2 aromatic carbocycles. The van der Waals surface area contributed by atoms with Gasteiger partial charge in [0.05, 0.1) is 6.61 Å². The van der Waals surface area contributed by atoms with Crippen molar-refractivity contribution < 1.29 is 24.2 Å². The van der Waals surface area contributed by atoms with Crippen molar-refractivity contribution in [3.8, 4) is 0 Å². The standard InChI is InChI=1S/C23H29ClN4O5/c1-3-15-8-10-17(11-9-15)27-22(32)33-14-23(2,28-20(30)19(25)13-29)21(31)26-12-16-6-4-5-7-18(16)24/h4-11,19,29H,3,12-14,25H2,1-2H3,(H,26,31)(H,27,32)(H,28,30)/t19-,23?/m0/s1. The van der Waals surface area contributed by atoms with E-state index in [9.17, 15) is 14.4 Å². The quantitative estimate of drug-likeness (QED) is 0.354. The van der Waals surface area contributed by atoms with Crippen molar-refractivity contribution in [1.29, 1.82) is 0 Å². The van der Waals surface area contributed by atoms with Crippen LogP contribution in [0.3, 0.4) is 0 Å². The van der Waals surface area contributed by atoms with E-state index in [4.69, 9.17) is 27.2 Å². The summed E-state index contributed by atoms with van der Waals surface area (Å²) in [5.74, 6) is -1.40.